The highest BCUT2D eigenvalue weighted by atomic mass is 19.3. The first-order valence-electron chi connectivity index (χ1n) is 8.35. The predicted octanol–water partition coefficient (Wildman–Crippen LogP) is 3.55. The number of nitrogens with zero attached hydrogens (tertiary/aromatic N) is 2. The Balaban J connectivity index is 1.78. The summed E-state index contributed by atoms with van der Waals surface area (Å²) in [5.41, 5.74) is 2.76. The van der Waals surface area contributed by atoms with E-state index in [-0.39, 0.29) is 17.4 Å². The summed E-state index contributed by atoms with van der Waals surface area (Å²) in [6.07, 6.45) is -2.53. The van der Waals surface area contributed by atoms with Crippen LogP contribution in [-0.4, -0.2) is 16.9 Å². The van der Waals surface area contributed by atoms with Crippen LogP contribution in [0.5, 0.6) is 0 Å². The number of benzene rings is 2. The van der Waals surface area contributed by atoms with E-state index in [1.165, 1.54) is 12.1 Å². The minimum absolute atomic E-state index is 0.0600. The van der Waals surface area contributed by atoms with E-state index in [2.05, 4.69) is 5.10 Å². The number of nitrogens with one attached hydrogen (secondary N) is 1. The lowest BCUT2D eigenvalue weighted by molar-refractivity contribution is -0.715. The van der Waals surface area contributed by atoms with Gasteiger partial charge in [-0.3, -0.25) is 9.59 Å². The maximum Gasteiger partial charge on any atom is 0.267 e. The van der Waals surface area contributed by atoms with Gasteiger partial charge in [-0.15, -0.1) is 9.78 Å². The van der Waals surface area contributed by atoms with Crippen LogP contribution in [0.2, 0.25) is 0 Å². The van der Waals surface area contributed by atoms with Crippen LogP contribution in [0.25, 0.3) is 11.3 Å². The van der Waals surface area contributed by atoms with Crippen LogP contribution in [0.3, 0.4) is 0 Å². The molecule has 2 heterocycles. The molecule has 0 radical (unpaired) electrons. The largest absolute Gasteiger partial charge is 0.268 e. The van der Waals surface area contributed by atoms with Crippen LogP contribution >= 0.6 is 0 Å². The molecule has 4 rings (SSSR count). The average Bonchev–Trinajstić information content (AvgIpc) is 3.08. The van der Waals surface area contributed by atoms with Crippen molar-refractivity contribution in [3.05, 3.63) is 70.8 Å². The van der Waals surface area contributed by atoms with Crippen LogP contribution in [0, 0.1) is 6.92 Å². The number of carbonyl (C=O) groups is 2. The molecule has 3 aromatic rings. The van der Waals surface area contributed by atoms with Crippen LogP contribution in [-0.2, 0) is 7.05 Å². The summed E-state index contributed by atoms with van der Waals surface area (Å²) in [6, 6.07) is 12.6. The van der Waals surface area contributed by atoms with Crippen molar-refractivity contribution in [3.63, 3.8) is 0 Å². The normalized spacial score (nSPS) is 13.6. The van der Waals surface area contributed by atoms with E-state index >= 15 is 0 Å². The molecule has 27 heavy (non-hydrogen) atoms. The summed E-state index contributed by atoms with van der Waals surface area (Å²) >= 11 is 0. The number of hydrogen-bond acceptors (Lipinski definition) is 2. The number of halogens is 2. The van der Waals surface area contributed by atoms with Crippen LogP contribution in [0.15, 0.2) is 48.5 Å². The highest BCUT2D eigenvalue weighted by Gasteiger charge is 2.40. The van der Waals surface area contributed by atoms with Crippen molar-refractivity contribution in [1.29, 1.82) is 0 Å². The summed E-state index contributed by atoms with van der Waals surface area (Å²) in [6.45, 7) is 1.78. The number of aryl methyl sites for hydroxylation is 1. The summed E-state index contributed by atoms with van der Waals surface area (Å²) in [7, 11) is 1.74. The van der Waals surface area contributed by atoms with Gasteiger partial charge < -0.3 is 0 Å². The number of aromatic nitrogens is 2. The molecule has 0 atom stereocenters. The number of amides is 2. The maximum absolute atomic E-state index is 12.8. The fourth-order valence-electron chi connectivity index (χ4n) is 3.47. The van der Waals surface area contributed by atoms with Gasteiger partial charge in [0.2, 0.25) is 5.69 Å². The van der Waals surface area contributed by atoms with Gasteiger partial charge in [0.05, 0.1) is 16.7 Å². The number of hydrogen-bond donors (Lipinski definition) is 1. The zero-order valence-electron chi connectivity index (χ0n) is 14.7. The molecule has 1 aliphatic heterocycles. The number of rotatable bonds is 3. The van der Waals surface area contributed by atoms with E-state index in [1.807, 2.05) is 0 Å². The van der Waals surface area contributed by atoms with Crippen LogP contribution < -0.4 is 9.58 Å². The molecule has 0 unspecified atom stereocenters. The molecule has 0 saturated heterocycles. The standard InChI is InChI=1S/C20H15F2N3O2/c1-11-16(12-7-9-13(10-8-12)17(21)22)24(2)23-18(11)25-19(26)14-5-3-4-6-15(14)20(25)27/h3-10,17H,1-2H3/p+1. The first-order chi connectivity index (χ1) is 12.9. The fraction of sp³-hybridized carbons (Fsp3) is 0.150. The molecule has 0 spiro atoms. The minimum Gasteiger partial charge on any atom is -0.268 e. The van der Waals surface area contributed by atoms with E-state index in [1.54, 1.807) is 55.1 Å². The molecular weight excluding hydrogens is 352 g/mol. The minimum atomic E-state index is -2.53. The summed E-state index contributed by atoms with van der Waals surface area (Å²) in [4.78, 5) is 26.6. The van der Waals surface area contributed by atoms with E-state index in [0.717, 1.165) is 4.90 Å². The molecule has 0 fully saturated rings. The molecule has 1 aromatic heterocycles. The number of H-pyrrole nitrogens is 1. The SMILES string of the molecule is Cc1c(N2C(=O)c3ccccc3C2=O)[nH][n+](C)c1-c1ccc(C(F)F)cc1. The van der Waals surface area contributed by atoms with Gasteiger partial charge in [-0.2, -0.15) is 0 Å². The lowest BCUT2D eigenvalue weighted by Gasteiger charge is -2.10. The van der Waals surface area contributed by atoms with Gasteiger partial charge in [0.25, 0.3) is 18.2 Å². The third-order valence-electron chi connectivity index (χ3n) is 4.77. The average molecular weight is 368 g/mol. The lowest BCUT2D eigenvalue weighted by Crippen LogP contribution is -2.35. The van der Waals surface area contributed by atoms with Crippen molar-refractivity contribution >= 4 is 17.6 Å². The van der Waals surface area contributed by atoms with Gasteiger partial charge in [-0.1, -0.05) is 24.3 Å². The van der Waals surface area contributed by atoms with E-state index < -0.39 is 6.43 Å². The summed E-state index contributed by atoms with van der Waals surface area (Å²) in [5.74, 6) is -0.406. The maximum atomic E-state index is 12.8. The van der Waals surface area contributed by atoms with Gasteiger partial charge in [0.15, 0.2) is 12.9 Å². The topological polar surface area (TPSA) is 57.1 Å². The second-order valence-corrected chi connectivity index (χ2v) is 6.41. The fourth-order valence-corrected chi connectivity index (χ4v) is 3.47. The zero-order valence-corrected chi connectivity index (χ0v) is 14.7. The summed E-state index contributed by atoms with van der Waals surface area (Å²) < 4.78 is 27.3. The first-order valence-corrected chi connectivity index (χ1v) is 8.35. The van der Waals surface area contributed by atoms with Crippen molar-refractivity contribution in [2.45, 2.75) is 13.3 Å². The molecule has 5 nitrogen and oxygen atoms in total. The predicted molar refractivity (Wildman–Crippen MR) is 94.7 cm³/mol. The molecule has 0 aliphatic carbocycles. The smallest absolute Gasteiger partial charge is 0.267 e. The van der Waals surface area contributed by atoms with Crippen molar-refractivity contribution in [3.8, 4) is 11.3 Å². The monoisotopic (exact) mass is 368 g/mol. The van der Waals surface area contributed by atoms with Gasteiger partial charge in [-0.25, -0.2) is 13.7 Å². The number of alkyl halides is 2. The van der Waals surface area contributed by atoms with Gasteiger partial charge in [-0.05, 0) is 31.2 Å². The Morgan fingerprint density at radius 3 is 2.04 bits per heavy atom. The van der Waals surface area contributed by atoms with Crippen molar-refractivity contribution < 1.29 is 23.1 Å². The Bertz CT molecular complexity index is 1040. The molecule has 2 aromatic carbocycles. The Morgan fingerprint density at radius 1 is 0.963 bits per heavy atom. The Kier molecular flexibility index (Phi) is 3.87. The summed E-state index contributed by atoms with van der Waals surface area (Å²) in [5, 5.41) is 3.04. The lowest BCUT2D eigenvalue weighted by atomic mass is 10.1. The van der Waals surface area contributed by atoms with E-state index in [0.29, 0.717) is 33.8 Å². The molecule has 7 heteroatoms. The zero-order chi connectivity index (χ0) is 19.3. The highest BCUT2D eigenvalue weighted by molar-refractivity contribution is 6.34. The number of imide groups is 1. The van der Waals surface area contributed by atoms with Crippen molar-refractivity contribution in [1.82, 2.24) is 5.10 Å². The molecule has 0 bridgehead atoms. The first kappa shape index (κ1) is 17.1. The van der Waals surface area contributed by atoms with E-state index in [4.69, 9.17) is 0 Å². The van der Waals surface area contributed by atoms with Gasteiger partial charge >= 0.3 is 0 Å². The number of aromatic amines is 1. The number of anilines is 1. The molecule has 2 amide bonds. The Labute approximate surface area is 153 Å². The van der Waals surface area contributed by atoms with Gasteiger partial charge in [0.1, 0.15) is 0 Å². The number of carbonyl (C=O) groups excluding carboxylic acids is 2. The highest BCUT2D eigenvalue weighted by Crippen LogP contribution is 2.33. The molecule has 1 N–H and O–H groups in total. The Hall–Kier alpha value is -3.35. The van der Waals surface area contributed by atoms with Crippen LogP contribution in [0.4, 0.5) is 14.6 Å². The second-order valence-electron chi connectivity index (χ2n) is 6.41. The third kappa shape index (κ3) is 2.54. The van der Waals surface area contributed by atoms with Crippen molar-refractivity contribution in [2.24, 2.45) is 7.05 Å². The second kappa shape index (κ2) is 6.12. The molecule has 1 aliphatic rings. The Morgan fingerprint density at radius 2 is 1.52 bits per heavy atom. The number of fused-ring (bicyclic) bond motifs is 1. The quantitative estimate of drug-likeness (QED) is 0.568. The van der Waals surface area contributed by atoms with Crippen LogP contribution in [0.1, 0.15) is 38.3 Å². The van der Waals surface area contributed by atoms with Gasteiger partial charge in [0, 0.05) is 11.1 Å². The molecular formula is C20H16F2N3O2+. The molecule has 136 valence electrons. The molecule has 0 saturated carbocycles. The van der Waals surface area contributed by atoms with E-state index in [9.17, 15) is 18.4 Å². The van der Waals surface area contributed by atoms with Crippen molar-refractivity contribution in [2.75, 3.05) is 4.90 Å². The third-order valence-corrected chi connectivity index (χ3v) is 4.77.